The second-order valence-corrected chi connectivity index (χ2v) is 6.30. The van der Waals surface area contributed by atoms with Crippen molar-refractivity contribution in [3.8, 4) is 0 Å². The molecule has 1 saturated carbocycles. The molecule has 0 bridgehead atoms. The van der Waals surface area contributed by atoms with Gasteiger partial charge < -0.3 is 9.47 Å². The van der Waals surface area contributed by atoms with Crippen LogP contribution in [0.5, 0.6) is 0 Å². The molecule has 114 valence electrons. The fourth-order valence-corrected chi connectivity index (χ4v) is 3.88. The van der Waals surface area contributed by atoms with E-state index in [0.29, 0.717) is 24.0 Å². The average Bonchev–Trinajstić information content (AvgIpc) is 2.41. The Bertz CT molecular complexity index is 246. The molecule has 0 radical (unpaired) electrons. The summed E-state index contributed by atoms with van der Waals surface area (Å²) in [6.45, 7) is 7.84. The van der Waals surface area contributed by atoms with E-state index >= 15 is 0 Å². The van der Waals surface area contributed by atoms with Crippen LogP contribution in [0.3, 0.4) is 0 Å². The lowest BCUT2D eigenvalue weighted by Crippen LogP contribution is -2.47. The predicted molar refractivity (Wildman–Crippen MR) is 75.2 cm³/mol. The van der Waals surface area contributed by atoms with Gasteiger partial charge in [0.15, 0.2) is 0 Å². The topological polar surface area (TPSA) is 58.9 Å². The standard InChI is InChI=1S/C15H28O2.H2O2/c1-10-5-7-14(11(2)9-16-4)15-13(10)8-6-12(3)17-15;1-2/h10-15H,5-9H2,1-4H3;1-2H/t10-,11?,12?,13?,14?,15?;/m1./s1. The van der Waals surface area contributed by atoms with Crippen LogP contribution in [0.1, 0.15) is 46.5 Å². The van der Waals surface area contributed by atoms with Gasteiger partial charge in [0.25, 0.3) is 0 Å². The Morgan fingerprint density at radius 2 is 1.84 bits per heavy atom. The van der Waals surface area contributed by atoms with Crippen LogP contribution in [0.4, 0.5) is 0 Å². The maximum Gasteiger partial charge on any atom is 0.0640 e. The molecule has 5 unspecified atom stereocenters. The maximum absolute atomic E-state index is 6.29. The molecule has 4 nitrogen and oxygen atoms in total. The van der Waals surface area contributed by atoms with Gasteiger partial charge in [0.05, 0.1) is 12.2 Å². The van der Waals surface area contributed by atoms with Crippen LogP contribution in [0.2, 0.25) is 0 Å². The molecule has 1 aliphatic carbocycles. The van der Waals surface area contributed by atoms with Gasteiger partial charge in [-0.25, -0.2) is 0 Å². The van der Waals surface area contributed by atoms with Crippen LogP contribution in [-0.2, 0) is 9.47 Å². The van der Waals surface area contributed by atoms with Crippen LogP contribution in [0.25, 0.3) is 0 Å². The fraction of sp³-hybridized carbons (Fsp3) is 1.00. The van der Waals surface area contributed by atoms with Crippen LogP contribution < -0.4 is 0 Å². The molecule has 6 atom stereocenters. The van der Waals surface area contributed by atoms with Crippen molar-refractivity contribution < 1.29 is 20.0 Å². The predicted octanol–water partition coefficient (Wildman–Crippen LogP) is 3.52. The molecular formula is C15H30O4. The highest BCUT2D eigenvalue weighted by molar-refractivity contribution is 4.91. The summed E-state index contributed by atoms with van der Waals surface area (Å²) < 4.78 is 11.6. The van der Waals surface area contributed by atoms with Crippen LogP contribution in [-0.4, -0.2) is 36.4 Å². The smallest absolute Gasteiger partial charge is 0.0640 e. The van der Waals surface area contributed by atoms with Crippen molar-refractivity contribution >= 4 is 0 Å². The van der Waals surface area contributed by atoms with Crippen molar-refractivity contribution in [3.05, 3.63) is 0 Å². The molecular weight excluding hydrogens is 244 g/mol. The molecule has 2 rings (SSSR count). The molecule has 0 aromatic heterocycles. The summed E-state index contributed by atoms with van der Waals surface area (Å²) in [4.78, 5) is 0. The van der Waals surface area contributed by atoms with Gasteiger partial charge >= 0.3 is 0 Å². The third-order valence-corrected chi connectivity index (χ3v) is 4.99. The van der Waals surface area contributed by atoms with Gasteiger partial charge in [-0.2, -0.15) is 0 Å². The molecule has 0 spiro atoms. The van der Waals surface area contributed by atoms with Crippen molar-refractivity contribution in [1.82, 2.24) is 0 Å². The molecule has 2 N–H and O–H groups in total. The Balaban J connectivity index is 0.000000861. The lowest BCUT2D eigenvalue weighted by Gasteiger charge is -2.48. The Hall–Kier alpha value is -0.160. The van der Waals surface area contributed by atoms with Crippen molar-refractivity contribution in [2.75, 3.05) is 13.7 Å². The lowest BCUT2D eigenvalue weighted by molar-refractivity contribution is -0.176. The molecule has 0 aromatic carbocycles. The Morgan fingerprint density at radius 1 is 1.16 bits per heavy atom. The first-order chi connectivity index (χ1) is 9.13. The quantitative estimate of drug-likeness (QED) is 0.610. The first-order valence-electron chi connectivity index (χ1n) is 7.47. The second-order valence-electron chi connectivity index (χ2n) is 6.30. The van der Waals surface area contributed by atoms with Crippen LogP contribution >= 0.6 is 0 Å². The number of methoxy groups -OCH3 is 1. The Labute approximate surface area is 117 Å². The Kier molecular flexibility index (Phi) is 7.29. The normalized spacial score (nSPS) is 39.8. The highest BCUT2D eigenvalue weighted by Gasteiger charge is 2.43. The van der Waals surface area contributed by atoms with Gasteiger partial charge in [0.1, 0.15) is 0 Å². The van der Waals surface area contributed by atoms with E-state index in [4.69, 9.17) is 20.0 Å². The van der Waals surface area contributed by atoms with E-state index in [2.05, 4.69) is 20.8 Å². The molecule has 19 heavy (non-hydrogen) atoms. The van der Waals surface area contributed by atoms with E-state index in [0.717, 1.165) is 18.4 Å². The molecule has 1 heterocycles. The van der Waals surface area contributed by atoms with Gasteiger partial charge in [-0.3, -0.25) is 10.5 Å². The first-order valence-corrected chi connectivity index (χ1v) is 7.47. The van der Waals surface area contributed by atoms with E-state index in [9.17, 15) is 0 Å². The summed E-state index contributed by atoms with van der Waals surface area (Å²) in [5.74, 6) is 2.98. The van der Waals surface area contributed by atoms with E-state index in [1.54, 1.807) is 0 Å². The maximum atomic E-state index is 6.29. The van der Waals surface area contributed by atoms with E-state index in [-0.39, 0.29) is 0 Å². The highest BCUT2D eigenvalue weighted by atomic mass is 17.0. The summed E-state index contributed by atoms with van der Waals surface area (Å²) in [6, 6.07) is 0. The first kappa shape index (κ1) is 16.9. The van der Waals surface area contributed by atoms with Crippen LogP contribution in [0, 0.1) is 23.7 Å². The fourth-order valence-electron chi connectivity index (χ4n) is 3.88. The molecule has 2 fully saturated rings. The highest BCUT2D eigenvalue weighted by Crippen LogP contribution is 2.44. The van der Waals surface area contributed by atoms with Gasteiger partial charge in [-0.15, -0.1) is 0 Å². The lowest BCUT2D eigenvalue weighted by atomic mass is 9.66. The van der Waals surface area contributed by atoms with E-state index < -0.39 is 0 Å². The second kappa shape index (κ2) is 8.20. The van der Waals surface area contributed by atoms with E-state index in [1.807, 2.05) is 7.11 Å². The molecule has 0 amide bonds. The number of hydrogen-bond donors (Lipinski definition) is 2. The monoisotopic (exact) mass is 274 g/mol. The molecule has 0 aromatic rings. The van der Waals surface area contributed by atoms with Crippen molar-refractivity contribution in [3.63, 3.8) is 0 Å². The zero-order chi connectivity index (χ0) is 14.4. The van der Waals surface area contributed by atoms with Gasteiger partial charge in [-0.1, -0.05) is 13.8 Å². The van der Waals surface area contributed by atoms with Crippen molar-refractivity contribution in [1.29, 1.82) is 0 Å². The summed E-state index contributed by atoms with van der Waals surface area (Å²) in [6.07, 6.45) is 6.25. The van der Waals surface area contributed by atoms with Crippen molar-refractivity contribution in [2.45, 2.75) is 58.7 Å². The third kappa shape index (κ3) is 4.15. The van der Waals surface area contributed by atoms with Gasteiger partial charge in [0, 0.05) is 13.7 Å². The van der Waals surface area contributed by atoms with Gasteiger partial charge in [0.2, 0.25) is 0 Å². The number of fused-ring (bicyclic) bond motifs is 1. The zero-order valence-electron chi connectivity index (χ0n) is 12.7. The zero-order valence-corrected chi connectivity index (χ0v) is 12.7. The molecule has 1 saturated heterocycles. The number of ether oxygens (including phenoxy) is 2. The summed E-state index contributed by atoms with van der Waals surface area (Å²) >= 11 is 0. The minimum atomic E-state index is 0.457. The van der Waals surface area contributed by atoms with Crippen molar-refractivity contribution in [2.24, 2.45) is 23.7 Å². The largest absolute Gasteiger partial charge is 0.384 e. The number of hydrogen-bond acceptors (Lipinski definition) is 4. The third-order valence-electron chi connectivity index (χ3n) is 4.99. The number of rotatable bonds is 3. The SMILES string of the molecule is COCC(C)C1CC[C@@H](C)C2CCC(C)OC12.OO. The minimum absolute atomic E-state index is 0.457. The summed E-state index contributed by atoms with van der Waals surface area (Å²) in [5, 5.41) is 12.0. The Morgan fingerprint density at radius 3 is 2.47 bits per heavy atom. The average molecular weight is 274 g/mol. The molecule has 4 heteroatoms. The summed E-state index contributed by atoms with van der Waals surface area (Å²) in [7, 11) is 1.81. The van der Waals surface area contributed by atoms with E-state index in [1.165, 1.54) is 25.7 Å². The molecule has 2 aliphatic rings. The molecule has 1 aliphatic heterocycles. The minimum Gasteiger partial charge on any atom is -0.384 e. The van der Waals surface area contributed by atoms with Crippen LogP contribution in [0.15, 0.2) is 0 Å². The van der Waals surface area contributed by atoms with Gasteiger partial charge in [-0.05, 0) is 56.3 Å². The summed E-state index contributed by atoms with van der Waals surface area (Å²) in [5.41, 5.74) is 0.